The number of carbonyl (C=O) groups excluding carboxylic acids is 4. The molecule has 2 aliphatic heterocycles. The molecule has 1 aromatic heterocycles. The predicted molar refractivity (Wildman–Crippen MR) is 173 cm³/mol. The summed E-state index contributed by atoms with van der Waals surface area (Å²) < 4.78 is 16.4. The molecule has 0 aliphatic carbocycles. The third-order valence-corrected chi connectivity index (χ3v) is 10.2. The number of H-pyrrole nitrogens is 1. The first-order valence-electron chi connectivity index (χ1n) is 14.4. The summed E-state index contributed by atoms with van der Waals surface area (Å²) in [6.45, 7) is 3.55. The Morgan fingerprint density at radius 1 is 0.978 bits per heavy atom. The Labute approximate surface area is 271 Å². The van der Waals surface area contributed by atoms with Gasteiger partial charge in [0.25, 0.3) is 5.91 Å². The summed E-state index contributed by atoms with van der Waals surface area (Å²) in [7, 11) is 1.46. The molecule has 236 valence electrons. The van der Waals surface area contributed by atoms with Gasteiger partial charge in [0.05, 0.1) is 35.9 Å². The Balaban J connectivity index is 1.28. The van der Waals surface area contributed by atoms with Crippen LogP contribution in [0.4, 0.5) is 11.4 Å². The number of hydrogen-bond acceptors (Lipinski definition) is 10. The quantitative estimate of drug-likeness (QED) is 0.192. The number of aromatic amines is 1. The first-order chi connectivity index (χ1) is 22.2. The van der Waals surface area contributed by atoms with Crippen LogP contribution in [-0.2, 0) is 19.1 Å². The molecular formula is C33H29N3O8S2. The lowest BCUT2D eigenvalue weighted by molar-refractivity contribution is -0.122. The van der Waals surface area contributed by atoms with Crippen molar-refractivity contribution in [3.8, 4) is 11.5 Å². The molecule has 6 rings (SSSR count). The number of para-hydroxylation sites is 1. The third kappa shape index (κ3) is 5.79. The molecular weight excluding hydrogens is 631 g/mol. The van der Waals surface area contributed by atoms with E-state index in [0.29, 0.717) is 43.9 Å². The molecule has 11 nitrogen and oxygen atoms in total. The molecule has 0 radical (unpaired) electrons. The summed E-state index contributed by atoms with van der Waals surface area (Å²) in [5.74, 6) is -2.52. The minimum atomic E-state index is -0.822. The fourth-order valence-electron chi connectivity index (χ4n) is 5.63. The number of hydrogen-bond donors (Lipinski definition) is 2. The highest BCUT2D eigenvalue weighted by Gasteiger charge is 2.56. The topological polar surface area (TPSA) is 144 Å². The summed E-state index contributed by atoms with van der Waals surface area (Å²) in [6, 6.07) is 18.6. The number of imide groups is 1. The van der Waals surface area contributed by atoms with E-state index in [1.807, 2.05) is 25.1 Å². The molecule has 0 spiro atoms. The van der Waals surface area contributed by atoms with Crippen LogP contribution in [0.25, 0.3) is 0 Å². The van der Waals surface area contributed by atoms with Gasteiger partial charge >= 0.3 is 10.8 Å². The van der Waals surface area contributed by atoms with Crippen molar-refractivity contribution in [2.45, 2.75) is 30.0 Å². The smallest absolute Gasteiger partial charge is 0.338 e. The van der Waals surface area contributed by atoms with Gasteiger partial charge in [0.2, 0.25) is 11.8 Å². The highest BCUT2D eigenvalue weighted by Crippen LogP contribution is 2.53. The van der Waals surface area contributed by atoms with Crippen molar-refractivity contribution >= 4 is 58.2 Å². The second-order valence-corrected chi connectivity index (χ2v) is 12.8. The summed E-state index contributed by atoms with van der Waals surface area (Å²) >= 11 is 2.16. The normalized spacial score (nSPS) is 18.5. The molecule has 3 heterocycles. The Morgan fingerprint density at radius 2 is 1.74 bits per heavy atom. The Bertz CT molecular complexity index is 1900. The van der Waals surface area contributed by atoms with Crippen LogP contribution >= 0.6 is 23.1 Å². The second-order valence-electron chi connectivity index (χ2n) is 10.6. The highest BCUT2D eigenvalue weighted by molar-refractivity contribution is 8.00. The van der Waals surface area contributed by atoms with Gasteiger partial charge in [0.15, 0.2) is 18.1 Å². The summed E-state index contributed by atoms with van der Waals surface area (Å²) in [5.41, 5.74) is 2.88. The van der Waals surface area contributed by atoms with Crippen LogP contribution in [0.5, 0.6) is 11.5 Å². The van der Waals surface area contributed by atoms with Crippen LogP contribution < -0.4 is 24.6 Å². The van der Waals surface area contributed by atoms with Gasteiger partial charge in [-0.3, -0.25) is 19.2 Å². The molecule has 2 aliphatic rings. The van der Waals surface area contributed by atoms with E-state index in [9.17, 15) is 24.0 Å². The van der Waals surface area contributed by atoms with Gasteiger partial charge in [-0.05, 0) is 67.4 Å². The number of aromatic nitrogens is 1. The largest absolute Gasteiger partial charge is 0.493 e. The van der Waals surface area contributed by atoms with Gasteiger partial charge in [0, 0.05) is 16.5 Å². The van der Waals surface area contributed by atoms with E-state index in [-0.39, 0.29) is 24.0 Å². The summed E-state index contributed by atoms with van der Waals surface area (Å²) in [5, 5.41) is 2.56. The molecule has 3 amide bonds. The average molecular weight is 660 g/mol. The van der Waals surface area contributed by atoms with Crippen molar-refractivity contribution < 1.29 is 33.4 Å². The van der Waals surface area contributed by atoms with Crippen LogP contribution in [0, 0.1) is 12.8 Å². The standard InChI is InChI=1S/C33H29N3O8S2/c1-4-43-32(40)18-9-12-20(13-10-18)36-30(38)26-25(27-29(35-33(41)46-27)45-28(26)31(36)39)19-11-14-22(23(15-19)42-3)44-16-24(37)34-21-8-6-5-7-17(21)2/h5-15,25-26,28H,4,16H2,1-3H3,(H,34,37)(H,35,41). The molecule has 2 N–H and O–H groups in total. The third-order valence-electron chi connectivity index (χ3n) is 7.79. The van der Waals surface area contributed by atoms with E-state index < -0.39 is 34.9 Å². The second kappa shape index (κ2) is 12.9. The maximum atomic E-state index is 14.1. The maximum Gasteiger partial charge on any atom is 0.338 e. The number of thiazole rings is 1. The first-order valence-corrected chi connectivity index (χ1v) is 16.1. The molecule has 4 aromatic rings. The molecule has 46 heavy (non-hydrogen) atoms. The Kier molecular flexibility index (Phi) is 8.69. The number of carbonyl (C=O) groups is 4. The van der Waals surface area contributed by atoms with Gasteiger partial charge in [0.1, 0.15) is 5.25 Å². The van der Waals surface area contributed by atoms with Gasteiger partial charge in [-0.2, -0.15) is 0 Å². The minimum Gasteiger partial charge on any atom is -0.493 e. The number of aryl methyl sites for hydroxylation is 1. The molecule has 3 aromatic carbocycles. The van der Waals surface area contributed by atoms with Gasteiger partial charge in [-0.1, -0.05) is 47.4 Å². The van der Waals surface area contributed by atoms with E-state index in [1.165, 1.54) is 31.0 Å². The van der Waals surface area contributed by atoms with Gasteiger partial charge in [-0.25, -0.2) is 9.69 Å². The van der Waals surface area contributed by atoms with Crippen molar-refractivity contribution in [1.82, 2.24) is 4.98 Å². The molecule has 1 fully saturated rings. The molecule has 1 saturated heterocycles. The van der Waals surface area contributed by atoms with E-state index in [2.05, 4.69) is 10.3 Å². The van der Waals surface area contributed by atoms with Crippen LogP contribution in [0.2, 0.25) is 0 Å². The highest BCUT2D eigenvalue weighted by atomic mass is 32.2. The maximum absolute atomic E-state index is 14.1. The van der Waals surface area contributed by atoms with Gasteiger partial charge in [-0.15, -0.1) is 0 Å². The zero-order valence-electron chi connectivity index (χ0n) is 25.0. The number of anilines is 2. The number of nitrogens with zero attached hydrogens (tertiary/aromatic N) is 1. The molecule has 0 saturated carbocycles. The number of rotatable bonds is 9. The van der Waals surface area contributed by atoms with Crippen LogP contribution in [0.3, 0.4) is 0 Å². The molecule has 3 unspecified atom stereocenters. The van der Waals surface area contributed by atoms with Crippen molar-refractivity contribution in [2.75, 3.05) is 30.5 Å². The predicted octanol–water partition coefficient (Wildman–Crippen LogP) is 4.74. The number of esters is 1. The lowest BCUT2D eigenvalue weighted by Crippen LogP contribution is -2.32. The van der Waals surface area contributed by atoms with Crippen molar-refractivity contribution in [2.24, 2.45) is 5.92 Å². The van der Waals surface area contributed by atoms with E-state index >= 15 is 0 Å². The number of thioether (sulfide) groups is 1. The SMILES string of the molecule is CCOC(=O)c1ccc(N2C(=O)C3Sc4[nH]c(=O)sc4C(c4ccc(OCC(=O)Nc5ccccc5C)c(OC)c4)C3C2=O)cc1. The van der Waals surface area contributed by atoms with Crippen molar-refractivity contribution in [3.05, 3.63) is 98.0 Å². The molecule has 0 bridgehead atoms. The number of fused-ring (bicyclic) bond motifs is 2. The van der Waals surface area contributed by atoms with Crippen LogP contribution in [-0.4, -0.2) is 54.2 Å². The number of benzene rings is 3. The summed E-state index contributed by atoms with van der Waals surface area (Å²) in [4.78, 5) is 69.3. The monoisotopic (exact) mass is 659 g/mol. The van der Waals surface area contributed by atoms with Crippen molar-refractivity contribution in [3.63, 3.8) is 0 Å². The average Bonchev–Trinajstić information content (AvgIpc) is 3.55. The summed E-state index contributed by atoms with van der Waals surface area (Å²) in [6.07, 6.45) is 0. The first kappa shape index (κ1) is 31.1. The lowest BCUT2D eigenvalue weighted by Gasteiger charge is -2.30. The zero-order valence-corrected chi connectivity index (χ0v) is 26.7. The lowest BCUT2D eigenvalue weighted by atomic mass is 9.83. The van der Waals surface area contributed by atoms with Gasteiger partial charge < -0.3 is 24.5 Å². The Morgan fingerprint density at radius 3 is 2.46 bits per heavy atom. The Hall–Kier alpha value is -4.88. The number of nitrogens with one attached hydrogen (secondary N) is 2. The fourth-order valence-corrected chi connectivity index (χ4v) is 8.15. The minimum absolute atomic E-state index is 0.221. The van der Waals surface area contributed by atoms with Crippen LogP contribution in [0.15, 0.2) is 76.6 Å². The zero-order chi connectivity index (χ0) is 32.5. The van der Waals surface area contributed by atoms with E-state index in [0.717, 1.165) is 21.8 Å². The fraction of sp³-hybridized carbons (Fsp3) is 0.242. The number of amides is 3. The number of ether oxygens (including phenoxy) is 3. The molecule has 13 heteroatoms. The van der Waals surface area contributed by atoms with Crippen molar-refractivity contribution in [1.29, 1.82) is 0 Å². The molecule has 3 atom stereocenters. The van der Waals surface area contributed by atoms with E-state index in [1.54, 1.807) is 43.3 Å². The number of methoxy groups -OCH3 is 1. The van der Waals surface area contributed by atoms with Crippen LogP contribution in [0.1, 0.15) is 39.2 Å². The van der Waals surface area contributed by atoms with E-state index in [4.69, 9.17) is 14.2 Å².